The first kappa shape index (κ1) is 18.9. The molecule has 0 spiro atoms. The van der Waals surface area contributed by atoms with Gasteiger partial charge in [-0.05, 0) is 43.3 Å². The van der Waals surface area contributed by atoms with Crippen molar-refractivity contribution in [2.24, 2.45) is 0 Å². The summed E-state index contributed by atoms with van der Waals surface area (Å²) in [6, 6.07) is 7.54. The minimum Gasteiger partial charge on any atom is -0.347 e. The van der Waals surface area contributed by atoms with Gasteiger partial charge in [0.25, 0.3) is 0 Å². The maximum Gasteiger partial charge on any atom is 0.243 e. The standard InChI is InChI=1S/C19H22N2O3S/c1-12-9-13(2)19(14(3)10-12)21-18(24)11-20-17(23)7-6-15(22)16-5-4-8-25-16/h4-5,8-10H,6-7,11H2,1-3H3,(H,20,23)(H,21,24). The molecule has 1 heterocycles. The van der Waals surface area contributed by atoms with E-state index in [1.54, 1.807) is 12.1 Å². The van der Waals surface area contributed by atoms with E-state index in [4.69, 9.17) is 0 Å². The molecule has 132 valence electrons. The highest BCUT2D eigenvalue weighted by atomic mass is 32.1. The van der Waals surface area contributed by atoms with Crippen molar-refractivity contribution >= 4 is 34.6 Å². The van der Waals surface area contributed by atoms with Crippen molar-refractivity contribution in [1.82, 2.24) is 5.32 Å². The molecule has 0 aliphatic heterocycles. The van der Waals surface area contributed by atoms with Gasteiger partial charge in [-0.25, -0.2) is 0 Å². The van der Waals surface area contributed by atoms with Gasteiger partial charge in [-0.1, -0.05) is 23.8 Å². The van der Waals surface area contributed by atoms with Crippen LogP contribution in [0.5, 0.6) is 0 Å². The first-order valence-corrected chi connectivity index (χ1v) is 8.96. The van der Waals surface area contributed by atoms with Gasteiger partial charge in [-0.3, -0.25) is 14.4 Å². The Labute approximate surface area is 151 Å². The Bertz CT molecular complexity index is 759. The van der Waals surface area contributed by atoms with Gasteiger partial charge in [0.05, 0.1) is 11.4 Å². The molecule has 1 aromatic carbocycles. The van der Waals surface area contributed by atoms with Gasteiger partial charge in [-0.15, -0.1) is 11.3 Å². The molecule has 2 amide bonds. The average molecular weight is 358 g/mol. The highest BCUT2D eigenvalue weighted by Gasteiger charge is 2.12. The highest BCUT2D eigenvalue weighted by molar-refractivity contribution is 7.12. The highest BCUT2D eigenvalue weighted by Crippen LogP contribution is 2.21. The van der Waals surface area contributed by atoms with Gasteiger partial charge in [0.1, 0.15) is 0 Å². The van der Waals surface area contributed by atoms with Crippen LogP contribution in [0.3, 0.4) is 0 Å². The number of Topliss-reactive ketones (excluding diaryl/α,β-unsaturated/α-hetero) is 1. The number of ketones is 1. The summed E-state index contributed by atoms with van der Waals surface area (Å²) in [5, 5.41) is 7.21. The lowest BCUT2D eigenvalue weighted by atomic mass is 10.1. The van der Waals surface area contributed by atoms with E-state index in [1.807, 2.05) is 38.3 Å². The Balaban J connectivity index is 1.78. The Kier molecular flexibility index (Phi) is 6.47. The lowest BCUT2D eigenvalue weighted by Gasteiger charge is -2.13. The van der Waals surface area contributed by atoms with Crippen LogP contribution >= 0.6 is 11.3 Å². The quantitative estimate of drug-likeness (QED) is 0.745. The van der Waals surface area contributed by atoms with Crippen molar-refractivity contribution in [3.63, 3.8) is 0 Å². The second-order valence-corrected chi connectivity index (χ2v) is 6.95. The van der Waals surface area contributed by atoms with Crippen molar-refractivity contribution in [3.05, 3.63) is 51.2 Å². The van der Waals surface area contributed by atoms with Gasteiger partial charge in [-0.2, -0.15) is 0 Å². The second kappa shape index (κ2) is 8.58. The van der Waals surface area contributed by atoms with E-state index in [9.17, 15) is 14.4 Å². The number of carbonyl (C=O) groups excluding carboxylic acids is 3. The molecule has 5 nitrogen and oxygen atoms in total. The SMILES string of the molecule is Cc1cc(C)c(NC(=O)CNC(=O)CCC(=O)c2cccs2)c(C)c1. The summed E-state index contributed by atoms with van der Waals surface area (Å²) in [5.74, 6) is -0.647. The van der Waals surface area contributed by atoms with Crippen LogP contribution in [0.15, 0.2) is 29.6 Å². The van der Waals surface area contributed by atoms with Crippen molar-refractivity contribution in [1.29, 1.82) is 0 Å². The van der Waals surface area contributed by atoms with Crippen molar-refractivity contribution < 1.29 is 14.4 Å². The summed E-state index contributed by atoms with van der Waals surface area (Å²) >= 11 is 1.36. The molecular formula is C19H22N2O3S. The van der Waals surface area contributed by atoms with Crippen molar-refractivity contribution in [3.8, 4) is 0 Å². The molecule has 2 rings (SSSR count). The first-order chi connectivity index (χ1) is 11.9. The third-order valence-electron chi connectivity index (χ3n) is 3.76. The smallest absolute Gasteiger partial charge is 0.243 e. The fraction of sp³-hybridized carbons (Fsp3) is 0.316. The second-order valence-electron chi connectivity index (χ2n) is 6.00. The minimum atomic E-state index is -0.308. The van der Waals surface area contributed by atoms with Crippen LogP contribution in [-0.2, 0) is 9.59 Å². The van der Waals surface area contributed by atoms with Crippen LogP contribution in [0.2, 0.25) is 0 Å². The Morgan fingerprint density at radius 2 is 1.68 bits per heavy atom. The number of thiophene rings is 1. The Morgan fingerprint density at radius 3 is 2.28 bits per heavy atom. The fourth-order valence-corrected chi connectivity index (χ4v) is 3.31. The minimum absolute atomic E-state index is 0.0551. The molecule has 0 bridgehead atoms. The zero-order valence-corrected chi connectivity index (χ0v) is 15.5. The molecule has 1 aromatic heterocycles. The van der Waals surface area contributed by atoms with E-state index >= 15 is 0 Å². The van der Waals surface area contributed by atoms with Gasteiger partial charge in [0.2, 0.25) is 11.8 Å². The Hall–Kier alpha value is -2.47. The maximum atomic E-state index is 12.0. The summed E-state index contributed by atoms with van der Waals surface area (Å²) in [7, 11) is 0. The number of anilines is 1. The first-order valence-electron chi connectivity index (χ1n) is 8.08. The lowest BCUT2D eigenvalue weighted by Crippen LogP contribution is -2.33. The zero-order valence-electron chi connectivity index (χ0n) is 14.6. The van der Waals surface area contributed by atoms with Crippen LogP contribution in [0.1, 0.15) is 39.2 Å². The predicted octanol–water partition coefficient (Wildman–Crippen LogP) is 3.39. The van der Waals surface area contributed by atoms with Crippen LogP contribution in [0, 0.1) is 20.8 Å². The third-order valence-corrected chi connectivity index (χ3v) is 4.67. The van der Waals surface area contributed by atoms with Crippen LogP contribution < -0.4 is 10.6 Å². The zero-order chi connectivity index (χ0) is 18.4. The van der Waals surface area contributed by atoms with Crippen LogP contribution in [0.4, 0.5) is 5.69 Å². The number of carbonyl (C=O) groups is 3. The van der Waals surface area contributed by atoms with Crippen molar-refractivity contribution in [2.45, 2.75) is 33.6 Å². The van der Waals surface area contributed by atoms with Gasteiger partial charge in [0, 0.05) is 18.5 Å². The number of amides is 2. The molecule has 0 aliphatic rings. The normalized spacial score (nSPS) is 10.4. The number of benzene rings is 1. The maximum absolute atomic E-state index is 12.0. The van der Waals surface area contributed by atoms with E-state index in [0.717, 1.165) is 22.4 Å². The fourth-order valence-electron chi connectivity index (χ4n) is 2.62. The molecule has 0 atom stereocenters. The molecule has 0 saturated carbocycles. The van der Waals surface area contributed by atoms with Crippen LogP contribution in [-0.4, -0.2) is 24.1 Å². The molecule has 0 saturated heterocycles. The molecule has 25 heavy (non-hydrogen) atoms. The number of rotatable bonds is 7. The third kappa shape index (κ3) is 5.53. The number of hydrogen-bond donors (Lipinski definition) is 2. The van der Waals surface area contributed by atoms with Gasteiger partial charge < -0.3 is 10.6 Å². The monoisotopic (exact) mass is 358 g/mol. The summed E-state index contributed by atoms with van der Waals surface area (Å²) < 4.78 is 0. The number of nitrogens with one attached hydrogen (secondary N) is 2. The molecule has 2 N–H and O–H groups in total. The molecule has 0 radical (unpaired) electrons. The number of aryl methyl sites for hydroxylation is 3. The summed E-state index contributed by atoms with van der Waals surface area (Å²) in [5.41, 5.74) is 3.88. The van der Waals surface area contributed by atoms with Crippen LogP contribution in [0.25, 0.3) is 0 Å². The molecule has 2 aromatic rings. The van der Waals surface area contributed by atoms with E-state index in [-0.39, 0.29) is 37.0 Å². The molecule has 0 fully saturated rings. The predicted molar refractivity (Wildman–Crippen MR) is 100 cm³/mol. The number of hydrogen-bond acceptors (Lipinski definition) is 4. The van der Waals surface area contributed by atoms with E-state index in [2.05, 4.69) is 10.6 Å². The average Bonchev–Trinajstić information content (AvgIpc) is 3.08. The van der Waals surface area contributed by atoms with E-state index in [1.165, 1.54) is 11.3 Å². The van der Waals surface area contributed by atoms with Gasteiger partial charge in [0.15, 0.2) is 5.78 Å². The summed E-state index contributed by atoms with van der Waals surface area (Å²) in [6.45, 7) is 5.76. The molecule has 0 unspecified atom stereocenters. The van der Waals surface area contributed by atoms with E-state index in [0.29, 0.717) is 4.88 Å². The Morgan fingerprint density at radius 1 is 1.00 bits per heavy atom. The summed E-state index contributed by atoms with van der Waals surface area (Å²) in [6.07, 6.45) is 0.219. The molecule has 6 heteroatoms. The van der Waals surface area contributed by atoms with Crippen molar-refractivity contribution in [2.75, 3.05) is 11.9 Å². The topological polar surface area (TPSA) is 75.3 Å². The van der Waals surface area contributed by atoms with E-state index < -0.39 is 0 Å². The summed E-state index contributed by atoms with van der Waals surface area (Å²) in [4.78, 5) is 36.3. The molecular weight excluding hydrogens is 336 g/mol. The lowest BCUT2D eigenvalue weighted by molar-refractivity contribution is -0.124. The molecule has 0 aliphatic carbocycles. The van der Waals surface area contributed by atoms with Gasteiger partial charge >= 0.3 is 0 Å². The largest absolute Gasteiger partial charge is 0.347 e.